The van der Waals surface area contributed by atoms with E-state index in [9.17, 15) is 9.59 Å². The summed E-state index contributed by atoms with van der Waals surface area (Å²) in [5.74, 6) is -0.632. The van der Waals surface area contributed by atoms with Crippen molar-refractivity contribution in [1.29, 1.82) is 0 Å². The second-order valence-corrected chi connectivity index (χ2v) is 5.22. The van der Waals surface area contributed by atoms with Gasteiger partial charge in [-0.05, 0) is 37.6 Å². The van der Waals surface area contributed by atoms with Gasteiger partial charge in [0.1, 0.15) is 0 Å². The monoisotopic (exact) mass is 300 g/mol. The Kier molecular flexibility index (Phi) is 4.65. The summed E-state index contributed by atoms with van der Waals surface area (Å²) >= 11 is 0. The highest BCUT2D eigenvalue weighted by Crippen LogP contribution is 2.18. The van der Waals surface area contributed by atoms with E-state index in [1.165, 1.54) is 7.11 Å². The number of ether oxygens (including phenoxy) is 1. The molecule has 1 amide bonds. The molecule has 0 radical (unpaired) electrons. The number of anilines is 1. The van der Waals surface area contributed by atoms with E-state index >= 15 is 0 Å². The summed E-state index contributed by atoms with van der Waals surface area (Å²) in [5, 5.41) is 2.78. The van der Waals surface area contributed by atoms with Crippen molar-refractivity contribution >= 4 is 17.6 Å². The zero-order valence-electron chi connectivity index (χ0n) is 13.3. The van der Waals surface area contributed by atoms with Gasteiger partial charge >= 0.3 is 5.97 Å². The van der Waals surface area contributed by atoms with Crippen LogP contribution in [0.5, 0.6) is 0 Å². The Morgan fingerprint density at radius 3 is 2.50 bits per heavy atom. The quantitative estimate of drug-likeness (QED) is 0.883. The molecule has 0 fully saturated rings. The summed E-state index contributed by atoms with van der Waals surface area (Å²) in [6.45, 7) is 3.99. The number of nitrogens with one attached hydrogen (secondary N) is 1. The van der Waals surface area contributed by atoms with Gasteiger partial charge in [0.15, 0.2) is 0 Å². The van der Waals surface area contributed by atoms with E-state index in [0.717, 1.165) is 17.0 Å². The fourth-order valence-corrected chi connectivity index (χ4v) is 2.36. The van der Waals surface area contributed by atoms with Crippen molar-refractivity contribution in [1.82, 2.24) is 4.57 Å². The van der Waals surface area contributed by atoms with Crippen molar-refractivity contribution in [3.63, 3.8) is 0 Å². The van der Waals surface area contributed by atoms with Crippen molar-refractivity contribution < 1.29 is 14.3 Å². The van der Waals surface area contributed by atoms with Crippen LogP contribution >= 0.6 is 0 Å². The molecule has 1 aromatic carbocycles. The molecule has 2 aromatic rings. The molecule has 2 rings (SSSR count). The van der Waals surface area contributed by atoms with Crippen LogP contribution in [-0.2, 0) is 23.0 Å². The van der Waals surface area contributed by atoms with E-state index in [1.807, 2.05) is 31.5 Å². The van der Waals surface area contributed by atoms with Gasteiger partial charge in [0.05, 0.1) is 24.8 Å². The largest absolute Gasteiger partial charge is 0.465 e. The van der Waals surface area contributed by atoms with Gasteiger partial charge in [-0.2, -0.15) is 0 Å². The fraction of sp³-hybridized carbons (Fsp3) is 0.294. The molecule has 0 unspecified atom stereocenters. The first-order valence-electron chi connectivity index (χ1n) is 7.03. The molecule has 0 aliphatic carbocycles. The predicted molar refractivity (Wildman–Crippen MR) is 85.0 cm³/mol. The number of para-hydroxylation sites is 1. The first-order valence-corrected chi connectivity index (χ1v) is 7.03. The summed E-state index contributed by atoms with van der Waals surface area (Å²) in [4.78, 5) is 23.9. The molecule has 0 bridgehead atoms. The number of carbonyl (C=O) groups excluding carboxylic acids is 2. The summed E-state index contributed by atoms with van der Waals surface area (Å²) in [7, 11) is 3.29. The Morgan fingerprint density at radius 2 is 1.91 bits per heavy atom. The molecule has 0 saturated heterocycles. The number of aromatic nitrogens is 1. The number of benzene rings is 1. The molecular formula is C17H20N2O3. The Balaban J connectivity index is 2.16. The highest BCUT2D eigenvalue weighted by molar-refractivity contribution is 6.01. The van der Waals surface area contributed by atoms with Crippen LogP contribution in [-0.4, -0.2) is 23.6 Å². The van der Waals surface area contributed by atoms with Crippen molar-refractivity contribution in [2.45, 2.75) is 20.3 Å². The van der Waals surface area contributed by atoms with Gasteiger partial charge in [-0.1, -0.05) is 12.1 Å². The zero-order valence-corrected chi connectivity index (χ0v) is 13.3. The van der Waals surface area contributed by atoms with Crippen LogP contribution in [0.2, 0.25) is 0 Å². The van der Waals surface area contributed by atoms with E-state index in [2.05, 4.69) is 5.32 Å². The lowest BCUT2D eigenvalue weighted by atomic mass is 10.1. The molecular weight excluding hydrogens is 280 g/mol. The number of aryl methyl sites for hydroxylation is 1. The molecule has 0 spiro atoms. The summed E-state index contributed by atoms with van der Waals surface area (Å²) in [6, 6.07) is 8.81. The lowest BCUT2D eigenvalue weighted by Gasteiger charge is -2.09. The third-order valence-electron chi connectivity index (χ3n) is 3.84. The van der Waals surface area contributed by atoms with E-state index in [0.29, 0.717) is 11.3 Å². The third kappa shape index (κ3) is 3.19. The SMILES string of the molecule is COC(=O)c1ccccc1NC(=O)Cc1cc(C)n(C)c1C. The van der Waals surface area contributed by atoms with E-state index in [-0.39, 0.29) is 12.3 Å². The predicted octanol–water partition coefficient (Wildman–Crippen LogP) is 2.61. The molecule has 1 aromatic heterocycles. The Hall–Kier alpha value is -2.56. The van der Waals surface area contributed by atoms with Gasteiger partial charge in [-0.15, -0.1) is 0 Å². The van der Waals surface area contributed by atoms with Gasteiger partial charge in [-0.3, -0.25) is 4.79 Å². The first kappa shape index (κ1) is 15.8. The summed E-state index contributed by atoms with van der Waals surface area (Å²) in [6.07, 6.45) is 0.267. The number of esters is 1. The normalized spacial score (nSPS) is 10.4. The van der Waals surface area contributed by atoms with Crippen LogP contribution in [0.1, 0.15) is 27.3 Å². The molecule has 116 valence electrons. The number of rotatable bonds is 4. The second-order valence-electron chi connectivity index (χ2n) is 5.22. The first-order chi connectivity index (χ1) is 10.4. The Morgan fingerprint density at radius 1 is 1.23 bits per heavy atom. The smallest absolute Gasteiger partial charge is 0.339 e. The number of carbonyl (C=O) groups is 2. The van der Waals surface area contributed by atoms with Crippen LogP contribution in [0.3, 0.4) is 0 Å². The summed E-state index contributed by atoms with van der Waals surface area (Å²) in [5.41, 5.74) is 3.96. The minimum absolute atomic E-state index is 0.162. The van der Waals surface area contributed by atoms with Crippen molar-refractivity contribution in [2.24, 2.45) is 7.05 Å². The van der Waals surface area contributed by atoms with E-state index in [4.69, 9.17) is 4.74 Å². The number of nitrogens with zero attached hydrogens (tertiary/aromatic N) is 1. The minimum Gasteiger partial charge on any atom is -0.465 e. The van der Waals surface area contributed by atoms with Crippen LogP contribution in [0, 0.1) is 13.8 Å². The van der Waals surface area contributed by atoms with Gasteiger partial charge < -0.3 is 14.6 Å². The molecule has 0 atom stereocenters. The van der Waals surface area contributed by atoms with Crippen molar-refractivity contribution in [3.8, 4) is 0 Å². The van der Waals surface area contributed by atoms with Gasteiger partial charge in [0, 0.05) is 18.4 Å². The number of amides is 1. The lowest BCUT2D eigenvalue weighted by Crippen LogP contribution is -2.17. The zero-order chi connectivity index (χ0) is 16.3. The molecule has 0 aliphatic rings. The Bertz CT molecular complexity index is 717. The standard InChI is InChI=1S/C17H20N2O3/c1-11-9-13(12(2)19(11)3)10-16(20)18-15-8-6-5-7-14(15)17(21)22-4/h5-9H,10H2,1-4H3,(H,18,20). The number of methoxy groups -OCH3 is 1. The van der Waals surface area contributed by atoms with E-state index < -0.39 is 5.97 Å². The molecule has 1 N–H and O–H groups in total. The molecule has 0 saturated carbocycles. The highest BCUT2D eigenvalue weighted by atomic mass is 16.5. The number of hydrogen-bond acceptors (Lipinski definition) is 3. The number of hydrogen-bond donors (Lipinski definition) is 1. The maximum absolute atomic E-state index is 12.2. The van der Waals surface area contributed by atoms with Gasteiger partial charge in [0.2, 0.25) is 5.91 Å². The molecule has 5 nitrogen and oxygen atoms in total. The molecule has 5 heteroatoms. The minimum atomic E-state index is -0.470. The van der Waals surface area contributed by atoms with E-state index in [1.54, 1.807) is 24.3 Å². The third-order valence-corrected chi connectivity index (χ3v) is 3.84. The van der Waals surface area contributed by atoms with Crippen molar-refractivity contribution in [3.05, 3.63) is 52.8 Å². The van der Waals surface area contributed by atoms with Gasteiger partial charge in [0.25, 0.3) is 0 Å². The Labute approximate surface area is 129 Å². The highest BCUT2D eigenvalue weighted by Gasteiger charge is 2.15. The molecule has 1 heterocycles. The topological polar surface area (TPSA) is 60.3 Å². The fourth-order valence-electron chi connectivity index (χ4n) is 2.36. The van der Waals surface area contributed by atoms with Crippen LogP contribution in [0.4, 0.5) is 5.69 Å². The molecule has 22 heavy (non-hydrogen) atoms. The average molecular weight is 300 g/mol. The van der Waals surface area contributed by atoms with Gasteiger partial charge in [-0.25, -0.2) is 4.79 Å². The molecule has 0 aliphatic heterocycles. The van der Waals surface area contributed by atoms with Crippen LogP contribution in [0.25, 0.3) is 0 Å². The second kappa shape index (κ2) is 6.47. The maximum atomic E-state index is 12.2. The maximum Gasteiger partial charge on any atom is 0.339 e. The lowest BCUT2D eigenvalue weighted by molar-refractivity contribution is -0.115. The van der Waals surface area contributed by atoms with Crippen LogP contribution in [0.15, 0.2) is 30.3 Å². The van der Waals surface area contributed by atoms with Crippen molar-refractivity contribution in [2.75, 3.05) is 12.4 Å². The summed E-state index contributed by atoms with van der Waals surface area (Å²) < 4.78 is 6.77. The average Bonchev–Trinajstić information content (AvgIpc) is 2.74. The van der Waals surface area contributed by atoms with Crippen LogP contribution < -0.4 is 5.32 Å².